The smallest absolute Gasteiger partial charge is 0.253 e. The summed E-state index contributed by atoms with van der Waals surface area (Å²) in [4.78, 5) is 16.1. The van der Waals surface area contributed by atoms with E-state index in [2.05, 4.69) is 54.3 Å². The van der Waals surface area contributed by atoms with Crippen LogP contribution >= 0.6 is 0 Å². The molecule has 3 atom stereocenters. The second kappa shape index (κ2) is 7.18. The third kappa shape index (κ3) is 3.85. The summed E-state index contributed by atoms with van der Waals surface area (Å²) in [6.07, 6.45) is 2.19. The van der Waals surface area contributed by atoms with Gasteiger partial charge in [-0.1, -0.05) is 42.5 Å². The van der Waals surface area contributed by atoms with Crippen LogP contribution in [-0.4, -0.2) is 42.4 Å². The molecule has 1 saturated heterocycles. The minimum absolute atomic E-state index is 0.0599. The van der Waals surface area contributed by atoms with Gasteiger partial charge in [0.1, 0.15) is 0 Å². The molecular formula is C21H26N2O. The highest BCUT2D eigenvalue weighted by Crippen LogP contribution is 2.37. The number of hydrogen-bond acceptors (Lipinski definition) is 2. The number of carbonyl (C=O) groups excluding carboxylic acids is 1. The molecule has 0 spiro atoms. The van der Waals surface area contributed by atoms with Crippen LogP contribution in [0, 0.1) is 0 Å². The lowest BCUT2D eigenvalue weighted by Crippen LogP contribution is -2.21. The second-order valence-corrected chi connectivity index (χ2v) is 6.91. The van der Waals surface area contributed by atoms with Crippen LogP contribution in [0.15, 0.2) is 54.6 Å². The average Bonchev–Trinajstić information content (AvgIpc) is 3.41. The molecule has 0 bridgehead atoms. The Morgan fingerprint density at radius 1 is 1.12 bits per heavy atom. The van der Waals surface area contributed by atoms with Crippen LogP contribution in [0.4, 0.5) is 0 Å². The first-order valence-electron chi connectivity index (χ1n) is 8.67. The number of benzene rings is 2. The zero-order valence-electron chi connectivity index (χ0n) is 14.8. The van der Waals surface area contributed by atoms with Crippen molar-refractivity contribution < 1.29 is 4.79 Å². The summed E-state index contributed by atoms with van der Waals surface area (Å²) in [5.74, 6) is 0.0599. The van der Waals surface area contributed by atoms with E-state index in [1.54, 1.807) is 19.0 Å². The van der Waals surface area contributed by atoms with Crippen LogP contribution in [0.5, 0.6) is 0 Å². The van der Waals surface area contributed by atoms with Gasteiger partial charge in [-0.3, -0.25) is 9.69 Å². The van der Waals surface area contributed by atoms with E-state index in [4.69, 9.17) is 0 Å². The zero-order valence-corrected chi connectivity index (χ0v) is 14.8. The summed E-state index contributed by atoms with van der Waals surface area (Å²) in [6, 6.07) is 20.0. The molecule has 2 aromatic carbocycles. The number of rotatable bonds is 6. The van der Waals surface area contributed by atoms with E-state index in [1.165, 1.54) is 17.7 Å². The number of aryl methyl sites for hydroxylation is 1. The van der Waals surface area contributed by atoms with Crippen LogP contribution in [0.1, 0.15) is 40.9 Å². The SMILES string of the molecule is C[C@H](CCc1ccc(C(=O)N(C)C)cc1)N1C[C@@H]1c1ccccc1. The predicted octanol–water partition coefficient (Wildman–Crippen LogP) is 3.77. The van der Waals surface area contributed by atoms with E-state index < -0.39 is 0 Å². The van der Waals surface area contributed by atoms with E-state index in [-0.39, 0.29) is 5.91 Å². The quantitative estimate of drug-likeness (QED) is 0.756. The van der Waals surface area contributed by atoms with Gasteiger partial charge in [-0.2, -0.15) is 0 Å². The topological polar surface area (TPSA) is 23.3 Å². The third-order valence-corrected chi connectivity index (χ3v) is 4.86. The van der Waals surface area contributed by atoms with Gasteiger partial charge in [0.05, 0.1) is 0 Å². The molecule has 0 saturated carbocycles. The Labute approximate surface area is 144 Å². The molecule has 3 nitrogen and oxygen atoms in total. The Morgan fingerprint density at radius 3 is 2.42 bits per heavy atom. The summed E-state index contributed by atoms with van der Waals surface area (Å²) >= 11 is 0. The molecule has 1 aliphatic rings. The number of carbonyl (C=O) groups is 1. The number of amides is 1. The third-order valence-electron chi connectivity index (χ3n) is 4.86. The zero-order chi connectivity index (χ0) is 17.1. The Morgan fingerprint density at radius 2 is 1.79 bits per heavy atom. The monoisotopic (exact) mass is 322 g/mol. The van der Waals surface area contributed by atoms with Gasteiger partial charge in [0.25, 0.3) is 5.91 Å². The van der Waals surface area contributed by atoms with E-state index >= 15 is 0 Å². The highest BCUT2D eigenvalue weighted by Gasteiger charge is 2.38. The molecule has 0 aliphatic carbocycles. The summed E-state index contributed by atoms with van der Waals surface area (Å²) < 4.78 is 0. The van der Waals surface area contributed by atoms with Crippen molar-refractivity contribution >= 4 is 5.91 Å². The Hall–Kier alpha value is -2.13. The minimum atomic E-state index is 0.0599. The molecule has 0 aromatic heterocycles. The Bertz CT molecular complexity index is 679. The molecule has 24 heavy (non-hydrogen) atoms. The maximum Gasteiger partial charge on any atom is 0.253 e. The first kappa shape index (κ1) is 16.7. The summed E-state index contributed by atoms with van der Waals surface area (Å²) in [7, 11) is 3.57. The van der Waals surface area contributed by atoms with Crippen molar-refractivity contribution in [1.29, 1.82) is 0 Å². The molecule has 1 fully saturated rings. The molecule has 3 heteroatoms. The predicted molar refractivity (Wildman–Crippen MR) is 98.1 cm³/mol. The minimum Gasteiger partial charge on any atom is -0.345 e. The molecular weight excluding hydrogens is 296 g/mol. The highest BCUT2D eigenvalue weighted by molar-refractivity contribution is 5.93. The lowest BCUT2D eigenvalue weighted by Gasteiger charge is -2.15. The normalized spacial score (nSPS) is 20.5. The summed E-state index contributed by atoms with van der Waals surface area (Å²) in [5, 5.41) is 0. The van der Waals surface area contributed by atoms with Crippen molar-refractivity contribution in [3.8, 4) is 0 Å². The molecule has 0 radical (unpaired) electrons. The van der Waals surface area contributed by atoms with E-state index in [1.807, 2.05) is 12.1 Å². The Balaban J connectivity index is 1.50. The molecule has 0 N–H and O–H groups in total. The van der Waals surface area contributed by atoms with Crippen LogP contribution in [0.25, 0.3) is 0 Å². The first-order chi connectivity index (χ1) is 11.6. The van der Waals surface area contributed by atoms with Gasteiger partial charge in [-0.25, -0.2) is 0 Å². The average molecular weight is 322 g/mol. The van der Waals surface area contributed by atoms with Gasteiger partial charge in [0, 0.05) is 38.3 Å². The molecule has 3 rings (SSSR count). The van der Waals surface area contributed by atoms with Crippen LogP contribution in [0.2, 0.25) is 0 Å². The fourth-order valence-electron chi connectivity index (χ4n) is 3.23. The molecule has 126 valence electrons. The van der Waals surface area contributed by atoms with Gasteiger partial charge >= 0.3 is 0 Å². The largest absolute Gasteiger partial charge is 0.345 e. The van der Waals surface area contributed by atoms with Crippen molar-refractivity contribution in [1.82, 2.24) is 9.80 Å². The van der Waals surface area contributed by atoms with Crippen molar-refractivity contribution in [2.75, 3.05) is 20.6 Å². The molecule has 1 unspecified atom stereocenters. The van der Waals surface area contributed by atoms with Crippen molar-refractivity contribution in [3.05, 3.63) is 71.3 Å². The van der Waals surface area contributed by atoms with Crippen molar-refractivity contribution in [2.24, 2.45) is 0 Å². The fourth-order valence-corrected chi connectivity index (χ4v) is 3.23. The van der Waals surface area contributed by atoms with E-state index in [0.29, 0.717) is 12.1 Å². The van der Waals surface area contributed by atoms with Crippen molar-refractivity contribution in [3.63, 3.8) is 0 Å². The molecule has 2 aromatic rings. The number of hydrogen-bond donors (Lipinski definition) is 0. The number of nitrogens with zero attached hydrogens (tertiary/aromatic N) is 2. The second-order valence-electron chi connectivity index (χ2n) is 6.91. The van der Waals surface area contributed by atoms with Gasteiger partial charge < -0.3 is 4.90 Å². The standard InChI is InChI=1S/C21H26N2O/c1-16(23-15-20(23)18-7-5-4-6-8-18)9-10-17-11-13-19(14-12-17)21(24)22(2)3/h4-8,11-14,16,20H,9-10,15H2,1-3H3/t16-,20-,23?/m1/s1. The maximum atomic E-state index is 11.9. The maximum absolute atomic E-state index is 11.9. The van der Waals surface area contributed by atoms with Gasteiger partial charge in [0.2, 0.25) is 0 Å². The van der Waals surface area contributed by atoms with Gasteiger partial charge in [0.15, 0.2) is 0 Å². The van der Waals surface area contributed by atoms with E-state index in [0.717, 1.165) is 18.4 Å². The summed E-state index contributed by atoms with van der Waals surface area (Å²) in [5.41, 5.74) is 3.48. The van der Waals surface area contributed by atoms with Crippen LogP contribution in [0.3, 0.4) is 0 Å². The Kier molecular flexibility index (Phi) is 5.00. The first-order valence-corrected chi connectivity index (χ1v) is 8.67. The molecule has 1 heterocycles. The van der Waals surface area contributed by atoms with Crippen molar-refractivity contribution in [2.45, 2.75) is 31.8 Å². The van der Waals surface area contributed by atoms with E-state index in [9.17, 15) is 4.79 Å². The lowest BCUT2D eigenvalue weighted by atomic mass is 10.0. The van der Waals surface area contributed by atoms with Gasteiger partial charge in [-0.15, -0.1) is 0 Å². The summed E-state index contributed by atoms with van der Waals surface area (Å²) in [6.45, 7) is 3.48. The fraction of sp³-hybridized carbons (Fsp3) is 0.381. The van der Waals surface area contributed by atoms with Gasteiger partial charge in [-0.05, 0) is 43.0 Å². The lowest BCUT2D eigenvalue weighted by molar-refractivity contribution is 0.0827. The van der Waals surface area contributed by atoms with Crippen LogP contribution in [-0.2, 0) is 6.42 Å². The van der Waals surface area contributed by atoms with Crippen LogP contribution < -0.4 is 0 Å². The molecule has 1 amide bonds. The molecule has 1 aliphatic heterocycles. The highest BCUT2D eigenvalue weighted by atomic mass is 16.2.